The molecule has 0 amide bonds. The molecule has 0 saturated heterocycles. The van der Waals surface area contributed by atoms with Gasteiger partial charge in [-0.15, -0.1) is 0 Å². The topological polar surface area (TPSA) is 69.1 Å². The Morgan fingerprint density at radius 3 is 2.52 bits per heavy atom. The minimum atomic E-state index is -0.378. The van der Waals surface area contributed by atoms with E-state index in [-0.39, 0.29) is 10.6 Å². The molecule has 2 aromatic rings. The van der Waals surface area contributed by atoms with Gasteiger partial charge in [0, 0.05) is 37.7 Å². The van der Waals surface area contributed by atoms with Crippen molar-refractivity contribution < 1.29 is 4.92 Å². The smallest absolute Gasteiger partial charge is 0.269 e. The summed E-state index contributed by atoms with van der Waals surface area (Å²) in [7, 11) is 1.98. The van der Waals surface area contributed by atoms with Crippen LogP contribution in [0.15, 0.2) is 24.3 Å². The fourth-order valence-corrected chi connectivity index (χ4v) is 3.01. The number of benzene rings is 1. The molecule has 0 radical (unpaired) electrons. The van der Waals surface area contributed by atoms with E-state index in [0.717, 1.165) is 16.2 Å². The molecule has 1 aromatic heterocycles. The van der Waals surface area contributed by atoms with E-state index in [0.29, 0.717) is 25.2 Å². The Labute approximate surface area is 152 Å². The molecule has 0 bridgehead atoms. The molecular formula is C17H23N5O2S. The molecule has 1 aliphatic carbocycles. The van der Waals surface area contributed by atoms with E-state index in [4.69, 9.17) is 17.3 Å². The number of non-ortho nitro benzene ring substituents is 1. The SMILES string of the molecule is CC(C)N(Cc1ccc([N+](=O)[O-])cc1)Cn1nc(C2CC2)n(C)c1=S. The molecule has 25 heavy (non-hydrogen) atoms. The average molecular weight is 361 g/mol. The Morgan fingerprint density at radius 1 is 1.36 bits per heavy atom. The molecule has 1 fully saturated rings. The molecule has 134 valence electrons. The van der Waals surface area contributed by atoms with Crippen LogP contribution in [0, 0.1) is 14.9 Å². The van der Waals surface area contributed by atoms with Crippen molar-refractivity contribution in [2.75, 3.05) is 0 Å². The highest BCUT2D eigenvalue weighted by Crippen LogP contribution is 2.38. The normalized spacial score (nSPS) is 14.4. The first-order valence-corrected chi connectivity index (χ1v) is 8.88. The molecule has 1 saturated carbocycles. The summed E-state index contributed by atoms with van der Waals surface area (Å²) in [5.74, 6) is 1.62. The fourth-order valence-electron chi connectivity index (χ4n) is 2.82. The van der Waals surface area contributed by atoms with Crippen molar-refractivity contribution in [2.24, 2.45) is 7.05 Å². The van der Waals surface area contributed by atoms with Crippen molar-refractivity contribution in [2.45, 2.75) is 51.9 Å². The van der Waals surface area contributed by atoms with E-state index in [2.05, 4.69) is 18.7 Å². The maximum Gasteiger partial charge on any atom is 0.269 e. The van der Waals surface area contributed by atoms with Crippen molar-refractivity contribution in [1.29, 1.82) is 0 Å². The summed E-state index contributed by atoms with van der Waals surface area (Å²) in [4.78, 5) is 12.7. The van der Waals surface area contributed by atoms with E-state index in [1.54, 1.807) is 24.3 Å². The third-order valence-corrected chi connectivity index (χ3v) is 5.08. The van der Waals surface area contributed by atoms with Crippen LogP contribution in [0.1, 0.15) is 44.0 Å². The second kappa shape index (κ2) is 7.05. The van der Waals surface area contributed by atoms with Crippen molar-refractivity contribution in [3.8, 4) is 0 Å². The van der Waals surface area contributed by atoms with E-state index in [1.807, 2.05) is 16.3 Å². The van der Waals surface area contributed by atoms with Crippen molar-refractivity contribution >= 4 is 17.9 Å². The zero-order valence-electron chi connectivity index (χ0n) is 14.8. The first-order valence-electron chi connectivity index (χ1n) is 8.48. The van der Waals surface area contributed by atoms with Gasteiger partial charge in [-0.2, -0.15) is 5.10 Å². The number of rotatable bonds is 7. The molecule has 1 aliphatic rings. The van der Waals surface area contributed by atoms with Gasteiger partial charge in [0.05, 0.1) is 11.6 Å². The number of aromatic nitrogens is 3. The fraction of sp³-hybridized carbons (Fsp3) is 0.529. The number of nitro benzene ring substituents is 1. The highest BCUT2D eigenvalue weighted by molar-refractivity contribution is 7.71. The van der Waals surface area contributed by atoms with Gasteiger partial charge >= 0.3 is 0 Å². The van der Waals surface area contributed by atoms with Crippen LogP contribution in [0.25, 0.3) is 0 Å². The van der Waals surface area contributed by atoms with Crippen LogP contribution in [0.5, 0.6) is 0 Å². The van der Waals surface area contributed by atoms with Gasteiger partial charge in [0.25, 0.3) is 5.69 Å². The highest BCUT2D eigenvalue weighted by atomic mass is 32.1. The lowest BCUT2D eigenvalue weighted by Crippen LogP contribution is -2.33. The number of nitrogens with zero attached hydrogens (tertiary/aromatic N) is 5. The van der Waals surface area contributed by atoms with E-state index < -0.39 is 0 Å². The van der Waals surface area contributed by atoms with Crippen LogP contribution in [-0.2, 0) is 20.3 Å². The Morgan fingerprint density at radius 2 is 2.00 bits per heavy atom. The predicted molar refractivity (Wildman–Crippen MR) is 97.8 cm³/mol. The van der Waals surface area contributed by atoms with Gasteiger partial charge in [-0.1, -0.05) is 12.1 Å². The molecule has 1 heterocycles. The van der Waals surface area contributed by atoms with Crippen molar-refractivity contribution in [3.63, 3.8) is 0 Å². The number of nitro groups is 1. The average Bonchev–Trinajstić information content (AvgIpc) is 3.37. The van der Waals surface area contributed by atoms with Gasteiger partial charge in [-0.25, -0.2) is 4.68 Å². The minimum Gasteiger partial charge on any atom is -0.307 e. The monoisotopic (exact) mass is 361 g/mol. The van der Waals surface area contributed by atoms with Gasteiger partial charge in [-0.05, 0) is 44.5 Å². The summed E-state index contributed by atoms with van der Waals surface area (Å²) >= 11 is 5.54. The zero-order valence-corrected chi connectivity index (χ0v) is 15.6. The third kappa shape index (κ3) is 3.96. The Kier molecular flexibility index (Phi) is 5.01. The quantitative estimate of drug-likeness (QED) is 0.428. The lowest BCUT2D eigenvalue weighted by molar-refractivity contribution is -0.384. The lowest BCUT2D eigenvalue weighted by Gasteiger charge is -2.26. The Hall–Kier alpha value is -2.06. The van der Waals surface area contributed by atoms with Gasteiger partial charge in [0.1, 0.15) is 5.82 Å². The Balaban J connectivity index is 1.76. The maximum atomic E-state index is 10.8. The molecular weight excluding hydrogens is 338 g/mol. The van der Waals surface area contributed by atoms with Crippen LogP contribution < -0.4 is 0 Å². The maximum absolute atomic E-state index is 10.8. The van der Waals surface area contributed by atoms with E-state index in [9.17, 15) is 10.1 Å². The third-order valence-electron chi connectivity index (χ3n) is 4.60. The predicted octanol–water partition coefficient (Wildman–Crippen LogP) is 3.60. The molecule has 7 nitrogen and oxygen atoms in total. The van der Waals surface area contributed by atoms with Gasteiger partial charge < -0.3 is 4.57 Å². The summed E-state index contributed by atoms with van der Waals surface area (Å²) in [5, 5.41) is 15.5. The lowest BCUT2D eigenvalue weighted by atomic mass is 10.2. The van der Waals surface area contributed by atoms with Gasteiger partial charge in [-0.3, -0.25) is 15.0 Å². The number of hydrogen-bond donors (Lipinski definition) is 0. The summed E-state index contributed by atoms with van der Waals surface area (Å²) in [6.07, 6.45) is 2.38. The molecule has 0 spiro atoms. The molecule has 0 N–H and O–H groups in total. The molecule has 8 heteroatoms. The molecule has 1 aromatic carbocycles. The summed E-state index contributed by atoms with van der Waals surface area (Å²) in [5.41, 5.74) is 1.14. The highest BCUT2D eigenvalue weighted by Gasteiger charge is 2.29. The largest absolute Gasteiger partial charge is 0.307 e. The second-order valence-electron chi connectivity index (χ2n) is 6.88. The van der Waals surface area contributed by atoms with Crippen LogP contribution in [0.2, 0.25) is 0 Å². The minimum absolute atomic E-state index is 0.112. The second-order valence-corrected chi connectivity index (χ2v) is 7.24. The van der Waals surface area contributed by atoms with E-state index >= 15 is 0 Å². The zero-order chi connectivity index (χ0) is 18.1. The van der Waals surface area contributed by atoms with Gasteiger partial charge in [0.15, 0.2) is 4.77 Å². The van der Waals surface area contributed by atoms with Gasteiger partial charge in [0.2, 0.25) is 0 Å². The van der Waals surface area contributed by atoms with E-state index in [1.165, 1.54) is 12.8 Å². The van der Waals surface area contributed by atoms with Crippen molar-refractivity contribution in [1.82, 2.24) is 19.2 Å². The van der Waals surface area contributed by atoms with Crippen LogP contribution in [0.4, 0.5) is 5.69 Å². The molecule has 0 aliphatic heterocycles. The standard InChI is InChI=1S/C17H23N5O2S/c1-12(2)20(10-13-4-8-15(9-5-13)22(23)24)11-21-17(25)19(3)16(18-21)14-6-7-14/h4-5,8-9,12,14H,6-7,10-11H2,1-3H3. The van der Waals surface area contributed by atoms with Crippen LogP contribution in [-0.4, -0.2) is 30.2 Å². The summed E-state index contributed by atoms with van der Waals surface area (Å²) in [6, 6.07) is 7.00. The van der Waals surface area contributed by atoms with Crippen LogP contribution >= 0.6 is 12.2 Å². The summed E-state index contributed by atoms with van der Waals surface area (Å²) in [6.45, 7) is 5.54. The Bertz CT molecular complexity index is 821. The molecule has 0 unspecified atom stereocenters. The molecule has 0 atom stereocenters. The van der Waals surface area contributed by atoms with Crippen molar-refractivity contribution in [3.05, 3.63) is 50.5 Å². The first-order chi connectivity index (χ1) is 11.9. The van der Waals surface area contributed by atoms with Crippen LogP contribution in [0.3, 0.4) is 0 Å². The summed E-state index contributed by atoms with van der Waals surface area (Å²) < 4.78 is 4.63. The molecule has 3 rings (SSSR count). The first kappa shape index (κ1) is 17.8. The number of hydrogen-bond acceptors (Lipinski definition) is 5.